The van der Waals surface area contributed by atoms with Gasteiger partial charge in [-0.15, -0.1) is 0 Å². The van der Waals surface area contributed by atoms with Crippen molar-refractivity contribution >= 4 is 23.5 Å². The molecule has 0 heterocycles. The van der Waals surface area contributed by atoms with E-state index in [0.717, 1.165) is 6.42 Å². The van der Waals surface area contributed by atoms with Gasteiger partial charge in [-0.2, -0.15) is 5.10 Å². The number of nitrogens with one attached hydrogen (secondary N) is 1. The van der Waals surface area contributed by atoms with Crippen LogP contribution in [0.3, 0.4) is 0 Å². The average Bonchev–Trinajstić information content (AvgIpc) is 2.31. The lowest BCUT2D eigenvalue weighted by Crippen LogP contribution is -2.24. The van der Waals surface area contributed by atoms with Gasteiger partial charge in [0.05, 0.1) is 12.8 Å². The van der Waals surface area contributed by atoms with Gasteiger partial charge in [0.25, 0.3) is 0 Å². The highest BCUT2D eigenvalue weighted by atomic mass is 32.1. The zero-order chi connectivity index (χ0) is 13.4. The number of thiocarbonyl (C=S) groups is 1. The zero-order valence-corrected chi connectivity index (χ0v) is 11.0. The van der Waals surface area contributed by atoms with Crippen molar-refractivity contribution in [3.8, 4) is 0 Å². The van der Waals surface area contributed by atoms with Crippen molar-refractivity contribution in [2.24, 2.45) is 10.8 Å². The Labute approximate surface area is 111 Å². The van der Waals surface area contributed by atoms with Crippen molar-refractivity contribution in [2.75, 3.05) is 6.61 Å². The molecule has 18 heavy (non-hydrogen) atoms. The summed E-state index contributed by atoms with van der Waals surface area (Å²) in [5, 5.41) is 3.81. The van der Waals surface area contributed by atoms with Crippen molar-refractivity contribution in [2.45, 2.75) is 20.0 Å². The van der Waals surface area contributed by atoms with Gasteiger partial charge in [-0.3, -0.25) is 5.43 Å². The summed E-state index contributed by atoms with van der Waals surface area (Å²) in [6.45, 7) is 2.91. The standard InChI is InChI=1S/C12H16FN3OS/c1-2-5-17-8-10-4-3-9(6-11(10)13)7-15-16-12(14)18/h3-4,6-7H,2,5,8H2,1H3,(H3,14,16,18). The Bertz CT molecular complexity index is 437. The first-order valence-corrected chi connectivity index (χ1v) is 5.99. The first-order valence-electron chi connectivity index (χ1n) is 5.58. The molecule has 0 amide bonds. The third-order valence-corrected chi connectivity index (χ3v) is 2.16. The second-order valence-corrected chi connectivity index (χ2v) is 4.08. The summed E-state index contributed by atoms with van der Waals surface area (Å²) < 4.78 is 18.9. The van der Waals surface area contributed by atoms with E-state index >= 15 is 0 Å². The van der Waals surface area contributed by atoms with Crippen molar-refractivity contribution in [1.82, 2.24) is 5.43 Å². The molecule has 3 N–H and O–H groups in total. The number of nitrogens with two attached hydrogens (primary N) is 1. The first-order chi connectivity index (χ1) is 8.63. The normalized spacial score (nSPS) is 10.8. The van der Waals surface area contributed by atoms with E-state index < -0.39 is 0 Å². The molecule has 0 spiro atoms. The summed E-state index contributed by atoms with van der Waals surface area (Å²) in [5.41, 5.74) is 8.75. The van der Waals surface area contributed by atoms with Crippen molar-refractivity contribution in [3.05, 3.63) is 35.1 Å². The Balaban J connectivity index is 2.61. The Morgan fingerprint density at radius 2 is 2.39 bits per heavy atom. The van der Waals surface area contributed by atoms with Crippen LogP contribution in [0.1, 0.15) is 24.5 Å². The van der Waals surface area contributed by atoms with E-state index in [1.54, 1.807) is 12.1 Å². The monoisotopic (exact) mass is 269 g/mol. The van der Waals surface area contributed by atoms with E-state index in [1.807, 2.05) is 6.92 Å². The van der Waals surface area contributed by atoms with Crippen LogP contribution in [0, 0.1) is 5.82 Å². The van der Waals surface area contributed by atoms with E-state index in [4.69, 9.17) is 10.5 Å². The van der Waals surface area contributed by atoms with Crippen LogP contribution < -0.4 is 11.2 Å². The van der Waals surface area contributed by atoms with E-state index in [9.17, 15) is 4.39 Å². The van der Waals surface area contributed by atoms with Crippen LogP contribution in [0.5, 0.6) is 0 Å². The van der Waals surface area contributed by atoms with Crippen LogP contribution in [0.2, 0.25) is 0 Å². The molecular formula is C12H16FN3OS. The van der Waals surface area contributed by atoms with E-state index in [2.05, 4.69) is 22.7 Å². The van der Waals surface area contributed by atoms with Gasteiger partial charge in [-0.25, -0.2) is 4.39 Å². The topological polar surface area (TPSA) is 59.6 Å². The van der Waals surface area contributed by atoms with Gasteiger partial charge in [0.1, 0.15) is 5.82 Å². The minimum absolute atomic E-state index is 0.0660. The van der Waals surface area contributed by atoms with Crippen LogP contribution in [0.25, 0.3) is 0 Å². The molecule has 4 nitrogen and oxygen atoms in total. The van der Waals surface area contributed by atoms with Gasteiger partial charge < -0.3 is 10.5 Å². The molecule has 0 fully saturated rings. The molecule has 0 aliphatic rings. The predicted octanol–water partition coefficient (Wildman–Crippen LogP) is 1.92. The van der Waals surface area contributed by atoms with Gasteiger partial charge in [-0.05, 0) is 30.3 Å². The van der Waals surface area contributed by atoms with E-state index in [1.165, 1.54) is 12.3 Å². The number of nitrogens with zero attached hydrogens (tertiary/aromatic N) is 1. The SMILES string of the molecule is CCCOCc1ccc(C=NNC(N)=S)cc1F. The van der Waals surface area contributed by atoms with Crippen LogP contribution in [0.15, 0.2) is 23.3 Å². The molecule has 0 bridgehead atoms. The molecule has 0 saturated heterocycles. The number of halogens is 1. The molecule has 0 aliphatic carbocycles. The number of hydrazone groups is 1. The Hall–Kier alpha value is -1.53. The van der Waals surface area contributed by atoms with Crippen molar-refractivity contribution in [1.29, 1.82) is 0 Å². The quantitative estimate of drug-likeness (QED) is 0.358. The first kappa shape index (κ1) is 14.5. The smallest absolute Gasteiger partial charge is 0.184 e. The third-order valence-electron chi connectivity index (χ3n) is 2.07. The predicted molar refractivity (Wildman–Crippen MR) is 73.9 cm³/mol. The maximum Gasteiger partial charge on any atom is 0.184 e. The minimum Gasteiger partial charge on any atom is -0.377 e. The summed E-state index contributed by atoms with van der Waals surface area (Å²) in [7, 11) is 0. The lowest BCUT2D eigenvalue weighted by molar-refractivity contribution is 0.119. The Morgan fingerprint density at radius 1 is 1.61 bits per heavy atom. The molecule has 0 aliphatic heterocycles. The molecule has 1 aromatic carbocycles. The summed E-state index contributed by atoms with van der Waals surface area (Å²) >= 11 is 4.58. The van der Waals surface area contributed by atoms with Crippen LogP contribution in [-0.2, 0) is 11.3 Å². The summed E-state index contributed by atoms with van der Waals surface area (Å²) in [4.78, 5) is 0. The number of hydrogen-bond donors (Lipinski definition) is 2. The lowest BCUT2D eigenvalue weighted by Gasteiger charge is -2.05. The van der Waals surface area contributed by atoms with E-state index in [0.29, 0.717) is 17.7 Å². The Morgan fingerprint density at radius 3 is 3.00 bits per heavy atom. The number of hydrogen-bond acceptors (Lipinski definition) is 3. The second-order valence-electron chi connectivity index (χ2n) is 3.64. The highest BCUT2D eigenvalue weighted by molar-refractivity contribution is 7.80. The summed E-state index contributed by atoms with van der Waals surface area (Å²) in [6.07, 6.45) is 2.36. The third kappa shape index (κ3) is 5.20. The molecule has 1 rings (SSSR count). The number of benzene rings is 1. The largest absolute Gasteiger partial charge is 0.377 e. The van der Waals surface area contributed by atoms with Crippen molar-refractivity contribution in [3.63, 3.8) is 0 Å². The molecule has 0 saturated carbocycles. The highest BCUT2D eigenvalue weighted by Gasteiger charge is 2.02. The number of ether oxygens (including phenoxy) is 1. The van der Waals surface area contributed by atoms with Gasteiger partial charge in [-0.1, -0.05) is 19.1 Å². The molecule has 0 atom stereocenters. The summed E-state index contributed by atoms with van der Waals surface area (Å²) in [5.74, 6) is -0.314. The zero-order valence-electron chi connectivity index (χ0n) is 10.1. The second kappa shape index (κ2) is 7.73. The van der Waals surface area contributed by atoms with Gasteiger partial charge in [0.2, 0.25) is 0 Å². The van der Waals surface area contributed by atoms with E-state index in [-0.39, 0.29) is 17.5 Å². The van der Waals surface area contributed by atoms with Crippen LogP contribution in [0.4, 0.5) is 4.39 Å². The molecule has 98 valence electrons. The average molecular weight is 269 g/mol. The van der Waals surface area contributed by atoms with Gasteiger partial charge in [0, 0.05) is 12.2 Å². The molecule has 0 radical (unpaired) electrons. The van der Waals surface area contributed by atoms with Gasteiger partial charge >= 0.3 is 0 Å². The molecule has 1 aromatic rings. The van der Waals surface area contributed by atoms with Gasteiger partial charge in [0.15, 0.2) is 5.11 Å². The fourth-order valence-electron chi connectivity index (χ4n) is 1.26. The van der Waals surface area contributed by atoms with Crippen LogP contribution in [-0.4, -0.2) is 17.9 Å². The fraction of sp³-hybridized carbons (Fsp3) is 0.333. The molecule has 6 heteroatoms. The fourth-order valence-corrected chi connectivity index (χ4v) is 1.31. The van der Waals surface area contributed by atoms with Crippen molar-refractivity contribution < 1.29 is 9.13 Å². The maximum absolute atomic E-state index is 13.7. The molecular weight excluding hydrogens is 253 g/mol. The molecule has 0 aromatic heterocycles. The highest BCUT2D eigenvalue weighted by Crippen LogP contribution is 2.10. The van der Waals surface area contributed by atoms with Crippen LogP contribution >= 0.6 is 12.2 Å². The lowest BCUT2D eigenvalue weighted by atomic mass is 10.1. The number of rotatable bonds is 6. The summed E-state index contributed by atoms with van der Waals surface area (Å²) in [6, 6.07) is 4.81. The maximum atomic E-state index is 13.7. The minimum atomic E-state index is -0.314. The molecule has 0 unspecified atom stereocenters. The Kier molecular flexibility index (Phi) is 6.24.